The highest BCUT2D eigenvalue weighted by Gasteiger charge is 2.09. The van der Waals surface area contributed by atoms with Crippen molar-refractivity contribution in [2.75, 3.05) is 0 Å². The fraction of sp³-hybridized carbons (Fsp3) is 0.0870. The van der Waals surface area contributed by atoms with Gasteiger partial charge in [0, 0.05) is 16.3 Å². The highest BCUT2D eigenvalue weighted by Crippen LogP contribution is 2.30. The van der Waals surface area contributed by atoms with Crippen molar-refractivity contribution in [1.82, 2.24) is 0 Å². The highest BCUT2D eigenvalue weighted by molar-refractivity contribution is 8.02. The number of thioether (sulfide) groups is 1. The molecule has 0 radical (unpaired) electrons. The molecule has 0 heterocycles. The van der Waals surface area contributed by atoms with Crippen LogP contribution >= 0.6 is 23.4 Å². The van der Waals surface area contributed by atoms with Crippen molar-refractivity contribution in [2.45, 2.75) is 17.7 Å². The Balaban J connectivity index is 1.89. The Bertz CT molecular complexity index is 889. The molecule has 0 aliphatic rings. The van der Waals surface area contributed by atoms with Crippen molar-refractivity contribution in [3.8, 4) is 11.1 Å². The minimum absolute atomic E-state index is 0.417. The largest absolute Gasteiger partial charge is 0.303 e. The van der Waals surface area contributed by atoms with Crippen molar-refractivity contribution < 1.29 is 4.79 Å². The molecule has 3 aromatic carbocycles. The van der Waals surface area contributed by atoms with Crippen molar-refractivity contribution >= 4 is 29.6 Å². The van der Waals surface area contributed by atoms with Crippen LogP contribution in [0.1, 0.15) is 12.0 Å². The molecule has 0 N–H and O–H groups in total. The molecule has 0 amide bonds. The van der Waals surface area contributed by atoms with Crippen LogP contribution in [0, 0.1) is 0 Å². The van der Waals surface area contributed by atoms with E-state index in [1.807, 2.05) is 48.5 Å². The Morgan fingerprint density at radius 1 is 0.923 bits per heavy atom. The molecule has 3 heteroatoms. The number of aldehydes is 1. The monoisotopic (exact) mass is 378 g/mol. The molecule has 0 aromatic heterocycles. The Hall–Kier alpha value is -2.29. The minimum Gasteiger partial charge on any atom is -0.303 e. The lowest BCUT2D eigenvalue weighted by Gasteiger charge is -2.12. The van der Waals surface area contributed by atoms with Gasteiger partial charge in [0.2, 0.25) is 0 Å². The zero-order valence-electron chi connectivity index (χ0n) is 14.3. The van der Waals surface area contributed by atoms with Gasteiger partial charge in [-0.2, -0.15) is 0 Å². The summed E-state index contributed by atoms with van der Waals surface area (Å²) < 4.78 is 0. The van der Waals surface area contributed by atoms with E-state index in [4.69, 9.17) is 11.6 Å². The van der Waals surface area contributed by atoms with Gasteiger partial charge < -0.3 is 4.79 Å². The lowest BCUT2D eigenvalue weighted by atomic mass is 9.94. The smallest absolute Gasteiger partial charge is 0.124 e. The van der Waals surface area contributed by atoms with E-state index >= 15 is 0 Å². The molecule has 0 fully saturated rings. The number of allylic oxidation sites excluding steroid dienone is 1. The van der Waals surface area contributed by atoms with Gasteiger partial charge >= 0.3 is 0 Å². The van der Waals surface area contributed by atoms with Crippen LogP contribution in [0.2, 0.25) is 5.02 Å². The molecular formula is C23H19ClOS. The molecule has 0 unspecified atom stereocenters. The molecule has 0 aliphatic heterocycles. The molecule has 0 saturated heterocycles. The van der Waals surface area contributed by atoms with Crippen LogP contribution in [0.25, 0.3) is 11.1 Å². The van der Waals surface area contributed by atoms with Crippen molar-refractivity contribution in [2.24, 2.45) is 0 Å². The quantitative estimate of drug-likeness (QED) is 0.331. The van der Waals surface area contributed by atoms with Crippen LogP contribution in [0.5, 0.6) is 0 Å². The predicted octanol–water partition coefficient (Wildman–Crippen LogP) is 6.81. The van der Waals surface area contributed by atoms with Crippen molar-refractivity contribution in [3.05, 3.63) is 100 Å². The number of carbonyl (C=O) groups is 1. The van der Waals surface area contributed by atoms with E-state index in [0.717, 1.165) is 33.4 Å². The van der Waals surface area contributed by atoms with E-state index in [1.165, 1.54) is 0 Å². The lowest BCUT2D eigenvalue weighted by molar-refractivity contribution is -0.107. The van der Waals surface area contributed by atoms with Gasteiger partial charge in [0.15, 0.2) is 0 Å². The minimum atomic E-state index is 0.417. The third-order valence-electron chi connectivity index (χ3n) is 4.02. The van der Waals surface area contributed by atoms with E-state index in [1.54, 1.807) is 11.8 Å². The predicted molar refractivity (Wildman–Crippen MR) is 112 cm³/mol. The van der Waals surface area contributed by atoms with E-state index in [-0.39, 0.29) is 0 Å². The summed E-state index contributed by atoms with van der Waals surface area (Å²) in [6.07, 6.45) is 2.08. The van der Waals surface area contributed by atoms with E-state index in [2.05, 4.69) is 35.7 Å². The van der Waals surface area contributed by atoms with Gasteiger partial charge in [0.05, 0.1) is 0 Å². The number of rotatable bonds is 7. The van der Waals surface area contributed by atoms with Gasteiger partial charge in [-0.25, -0.2) is 0 Å². The molecule has 0 bridgehead atoms. The number of hydrogen-bond acceptors (Lipinski definition) is 2. The second kappa shape index (κ2) is 9.42. The standard InChI is InChI=1S/C23H19ClOS/c24-21-11-12-23(19-7-3-1-4-8-19)20(16-21)15-18(13-14-25)17-26-22-9-5-2-6-10-22/h1-12,14,16-17H,13,15H2. The fourth-order valence-corrected chi connectivity index (χ4v) is 3.76. The maximum Gasteiger partial charge on any atom is 0.124 e. The first-order valence-corrected chi connectivity index (χ1v) is 9.69. The van der Waals surface area contributed by atoms with Crippen LogP contribution in [0.15, 0.2) is 94.7 Å². The van der Waals surface area contributed by atoms with Gasteiger partial charge in [0.25, 0.3) is 0 Å². The van der Waals surface area contributed by atoms with Gasteiger partial charge in [-0.15, -0.1) is 0 Å². The summed E-state index contributed by atoms with van der Waals surface area (Å²) in [7, 11) is 0. The summed E-state index contributed by atoms with van der Waals surface area (Å²) in [5, 5.41) is 2.79. The van der Waals surface area contributed by atoms with Crippen LogP contribution in [-0.2, 0) is 11.2 Å². The zero-order chi connectivity index (χ0) is 18.2. The van der Waals surface area contributed by atoms with Crippen LogP contribution < -0.4 is 0 Å². The Labute approximate surface area is 163 Å². The topological polar surface area (TPSA) is 17.1 Å². The first kappa shape index (κ1) is 18.5. The molecule has 130 valence electrons. The first-order chi connectivity index (χ1) is 12.8. The van der Waals surface area contributed by atoms with Crippen LogP contribution in [0.3, 0.4) is 0 Å². The molecule has 0 spiro atoms. The normalized spacial score (nSPS) is 11.3. The molecule has 26 heavy (non-hydrogen) atoms. The highest BCUT2D eigenvalue weighted by atomic mass is 35.5. The first-order valence-electron chi connectivity index (χ1n) is 8.43. The number of carbonyl (C=O) groups excluding carboxylic acids is 1. The fourth-order valence-electron chi connectivity index (χ4n) is 2.77. The number of benzene rings is 3. The molecule has 3 rings (SSSR count). The summed E-state index contributed by atoms with van der Waals surface area (Å²) in [5.41, 5.74) is 4.51. The second-order valence-electron chi connectivity index (χ2n) is 5.92. The molecule has 3 aromatic rings. The van der Waals surface area contributed by atoms with Gasteiger partial charge in [-0.05, 0) is 52.8 Å². The summed E-state index contributed by atoms with van der Waals surface area (Å²) in [5.74, 6) is 0. The van der Waals surface area contributed by atoms with Crippen LogP contribution in [0.4, 0.5) is 0 Å². The van der Waals surface area contributed by atoms with Gasteiger partial charge in [0.1, 0.15) is 6.29 Å². The summed E-state index contributed by atoms with van der Waals surface area (Å²) >= 11 is 7.88. The zero-order valence-corrected chi connectivity index (χ0v) is 15.8. The van der Waals surface area contributed by atoms with E-state index < -0.39 is 0 Å². The summed E-state index contributed by atoms with van der Waals surface area (Å²) in [6, 6.07) is 26.4. The maximum absolute atomic E-state index is 11.2. The van der Waals surface area contributed by atoms with Crippen LogP contribution in [-0.4, -0.2) is 6.29 Å². The van der Waals surface area contributed by atoms with Crippen molar-refractivity contribution in [1.29, 1.82) is 0 Å². The number of hydrogen-bond donors (Lipinski definition) is 0. The molecule has 0 atom stereocenters. The summed E-state index contributed by atoms with van der Waals surface area (Å²) in [6.45, 7) is 0. The Morgan fingerprint density at radius 3 is 2.31 bits per heavy atom. The SMILES string of the molecule is O=CCC(=CSc1ccccc1)Cc1cc(Cl)ccc1-c1ccccc1. The molecule has 0 aliphatic carbocycles. The molecular weight excluding hydrogens is 360 g/mol. The third kappa shape index (κ3) is 5.10. The molecule has 1 nitrogen and oxygen atoms in total. The second-order valence-corrected chi connectivity index (χ2v) is 7.30. The van der Waals surface area contributed by atoms with Gasteiger partial charge in [-0.3, -0.25) is 0 Å². The average Bonchev–Trinajstić information content (AvgIpc) is 2.68. The summed E-state index contributed by atoms with van der Waals surface area (Å²) in [4.78, 5) is 12.3. The van der Waals surface area contributed by atoms with E-state index in [9.17, 15) is 4.79 Å². The lowest BCUT2D eigenvalue weighted by Crippen LogP contribution is -1.95. The average molecular weight is 379 g/mol. The molecule has 0 saturated carbocycles. The Kier molecular flexibility index (Phi) is 6.70. The maximum atomic E-state index is 11.2. The van der Waals surface area contributed by atoms with Gasteiger partial charge in [-0.1, -0.05) is 83.5 Å². The Morgan fingerprint density at radius 2 is 1.62 bits per heavy atom. The third-order valence-corrected chi connectivity index (χ3v) is 5.25. The van der Waals surface area contributed by atoms with Crippen molar-refractivity contribution in [3.63, 3.8) is 0 Å². The van der Waals surface area contributed by atoms with E-state index in [0.29, 0.717) is 17.9 Å². The number of halogens is 1.